The van der Waals surface area contributed by atoms with Gasteiger partial charge in [0.1, 0.15) is 6.54 Å². The van der Waals surface area contributed by atoms with Gasteiger partial charge in [-0.25, -0.2) is 4.98 Å². The van der Waals surface area contributed by atoms with Gasteiger partial charge in [-0.3, -0.25) is 14.2 Å². The van der Waals surface area contributed by atoms with Gasteiger partial charge in [-0.15, -0.1) is 0 Å². The standard InChI is InChI=1S/C9H13N3O2/c1-3-11(2)9(14)6-12-7-10-5-4-8(12)13/h4-5,7H,3,6H2,1-2H3. The van der Waals surface area contributed by atoms with Crippen molar-refractivity contribution in [3.63, 3.8) is 0 Å². The molecule has 0 aliphatic carbocycles. The van der Waals surface area contributed by atoms with E-state index in [-0.39, 0.29) is 18.0 Å². The predicted molar refractivity (Wildman–Crippen MR) is 51.8 cm³/mol. The van der Waals surface area contributed by atoms with Crippen molar-refractivity contribution < 1.29 is 4.79 Å². The van der Waals surface area contributed by atoms with Gasteiger partial charge in [-0.2, -0.15) is 0 Å². The summed E-state index contributed by atoms with van der Waals surface area (Å²) < 4.78 is 1.29. The van der Waals surface area contributed by atoms with Crippen molar-refractivity contribution in [1.82, 2.24) is 14.5 Å². The van der Waals surface area contributed by atoms with Gasteiger partial charge in [0.05, 0.1) is 6.33 Å². The Hall–Kier alpha value is -1.65. The molecule has 0 aromatic carbocycles. The molecular formula is C9H13N3O2. The first kappa shape index (κ1) is 10.4. The lowest BCUT2D eigenvalue weighted by Crippen LogP contribution is -2.33. The molecule has 0 fully saturated rings. The maximum Gasteiger partial charge on any atom is 0.253 e. The number of carbonyl (C=O) groups excluding carboxylic acids is 1. The summed E-state index contributed by atoms with van der Waals surface area (Å²) in [4.78, 5) is 28.0. The lowest BCUT2D eigenvalue weighted by Gasteiger charge is -2.14. The van der Waals surface area contributed by atoms with Gasteiger partial charge in [0.15, 0.2) is 0 Å². The van der Waals surface area contributed by atoms with E-state index in [1.807, 2.05) is 6.92 Å². The maximum absolute atomic E-state index is 11.4. The molecular weight excluding hydrogens is 182 g/mol. The Bertz CT molecular complexity index is 372. The van der Waals surface area contributed by atoms with E-state index in [9.17, 15) is 9.59 Å². The van der Waals surface area contributed by atoms with Crippen molar-refractivity contribution >= 4 is 5.91 Å². The Labute approximate surface area is 82.0 Å². The molecule has 0 spiro atoms. The van der Waals surface area contributed by atoms with Gasteiger partial charge >= 0.3 is 0 Å². The van der Waals surface area contributed by atoms with Gasteiger partial charge in [-0.1, -0.05) is 0 Å². The number of rotatable bonds is 3. The van der Waals surface area contributed by atoms with Crippen LogP contribution in [0.25, 0.3) is 0 Å². The predicted octanol–water partition coefficient (Wildman–Crippen LogP) is -0.278. The Balaban J connectivity index is 2.75. The van der Waals surface area contributed by atoms with Crippen LogP contribution in [0.2, 0.25) is 0 Å². The number of hydrogen-bond donors (Lipinski definition) is 0. The topological polar surface area (TPSA) is 55.2 Å². The number of amides is 1. The summed E-state index contributed by atoms with van der Waals surface area (Å²) >= 11 is 0. The second-order valence-electron chi connectivity index (χ2n) is 2.95. The molecule has 5 nitrogen and oxygen atoms in total. The van der Waals surface area contributed by atoms with Gasteiger partial charge < -0.3 is 4.90 Å². The molecule has 0 saturated heterocycles. The monoisotopic (exact) mass is 195 g/mol. The molecule has 0 atom stereocenters. The fourth-order valence-electron chi connectivity index (χ4n) is 0.940. The van der Waals surface area contributed by atoms with Gasteiger partial charge in [0.25, 0.3) is 5.56 Å². The quantitative estimate of drug-likeness (QED) is 0.666. The van der Waals surface area contributed by atoms with Crippen LogP contribution < -0.4 is 5.56 Å². The molecule has 5 heteroatoms. The van der Waals surface area contributed by atoms with Crippen LogP contribution in [0.5, 0.6) is 0 Å². The molecule has 76 valence electrons. The normalized spacial score (nSPS) is 9.86. The molecule has 1 aromatic heterocycles. The van der Waals surface area contributed by atoms with E-state index >= 15 is 0 Å². The molecule has 0 aliphatic rings. The smallest absolute Gasteiger partial charge is 0.253 e. The fraction of sp³-hybridized carbons (Fsp3) is 0.444. The Morgan fingerprint density at radius 1 is 1.64 bits per heavy atom. The summed E-state index contributed by atoms with van der Waals surface area (Å²) in [5.74, 6) is -0.0948. The van der Waals surface area contributed by atoms with Crippen molar-refractivity contribution in [1.29, 1.82) is 0 Å². The highest BCUT2D eigenvalue weighted by Gasteiger charge is 2.07. The summed E-state index contributed by atoms with van der Waals surface area (Å²) in [5, 5.41) is 0. The van der Waals surface area contributed by atoms with Crippen LogP contribution in [-0.4, -0.2) is 34.0 Å². The van der Waals surface area contributed by atoms with E-state index in [1.54, 1.807) is 11.9 Å². The zero-order valence-electron chi connectivity index (χ0n) is 8.30. The summed E-state index contributed by atoms with van der Waals surface area (Å²) in [6.45, 7) is 2.56. The lowest BCUT2D eigenvalue weighted by molar-refractivity contribution is -0.130. The summed E-state index contributed by atoms with van der Waals surface area (Å²) in [5.41, 5.74) is -0.210. The number of aromatic nitrogens is 2. The molecule has 0 bridgehead atoms. The van der Waals surface area contributed by atoms with Gasteiger partial charge in [0.2, 0.25) is 5.91 Å². The first-order valence-corrected chi connectivity index (χ1v) is 4.39. The molecule has 1 amide bonds. The zero-order chi connectivity index (χ0) is 10.6. The van der Waals surface area contributed by atoms with Crippen molar-refractivity contribution in [2.24, 2.45) is 0 Å². The highest BCUT2D eigenvalue weighted by Crippen LogP contribution is 1.87. The molecule has 1 aromatic rings. The van der Waals surface area contributed by atoms with E-state index in [2.05, 4.69) is 4.98 Å². The SMILES string of the molecule is CCN(C)C(=O)Cn1cnccc1=O. The molecule has 0 unspecified atom stereocenters. The van der Waals surface area contributed by atoms with E-state index in [1.165, 1.54) is 23.2 Å². The van der Waals surface area contributed by atoms with E-state index < -0.39 is 0 Å². The molecule has 1 rings (SSSR count). The Kier molecular flexibility index (Phi) is 3.39. The molecule has 14 heavy (non-hydrogen) atoms. The summed E-state index contributed by atoms with van der Waals surface area (Å²) in [6, 6.07) is 1.33. The second kappa shape index (κ2) is 4.55. The minimum atomic E-state index is -0.210. The third kappa shape index (κ3) is 2.42. The Morgan fingerprint density at radius 2 is 2.36 bits per heavy atom. The largest absolute Gasteiger partial charge is 0.344 e. The average Bonchev–Trinajstić information content (AvgIpc) is 2.20. The first-order valence-electron chi connectivity index (χ1n) is 4.39. The first-order chi connectivity index (χ1) is 6.65. The maximum atomic E-state index is 11.4. The van der Waals surface area contributed by atoms with Crippen LogP contribution >= 0.6 is 0 Å². The molecule has 0 radical (unpaired) electrons. The number of likely N-dealkylation sites (N-methyl/N-ethyl adjacent to an activating group) is 1. The number of carbonyl (C=O) groups is 1. The van der Waals surface area contributed by atoms with E-state index in [0.29, 0.717) is 6.54 Å². The van der Waals surface area contributed by atoms with Crippen LogP contribution in [0.3, 0.4) is 0 Å². The molecule has 0 N–H and O–H groups in total. The highest BCUT2D eigenvalue weighted by molar-refractivity contribution is 5.75. The average molecular weight is 195 g/mol. The van der Waals surface area contributed by atoms with Crippen LogP contribution in [0.15, 0.2) is 23.4 Å². The third-order valence-corrected chi connectivity index (χ3v) is 2.00. The summed E-state index contributed by atoms with van der Waals surface area (Å²) in [7, 11) is 1.70. The number of hydrogen-bond acceptors (Lipinski definition) is 3. The Morgan fingerprint density at radius 3 is 2.93 bits per heavy atom. The zero-order valence-corrected chi connectivity index (χ0v) is 8.30. The van der Waals surface area contributed by atoms with Crippen LogP contribution in [0.1, 0.15) is 6.92 Å². The highest BCUT2D eigenvalue weighted by atomic mass is 16.2. The van der Waals surface area contributed by atoms with Crippen LogP contribution in [-0.2, 0) is 11.3 Å². The van der Waals surface area contributed by atoms with Crippen molar-refractivity contribution in [2.45, 2.75) is 13.5 Å². The number of nitrogens with zero attached hydrogens (tertiary/aromatic N) is 3. The minimum absolute atomic E-state index is 0.0526. The van der Waals surface area contributed by atoms with Crippen molar-refractivity contribution in [3.8, 4) is 0 Å². The van der Waals surface area contributed by atoms with Crippen LogP contribution in [0.4, 0.5) is 0 Å². The lowest BCUT2D eigenvalue weighted by atomic mass is 10.5. The van der Waals surface area contributed by atoms with E-state index in [0.717, 1.165) is 0 Å². The minimum Gasteiger partial charge on any atom is -0.344 e. The van der Waals surface area contributed by atoms with E-state index in [4.69, 9.17) is 0 Å². The van der Waals surface area contributed by atoms with Crippen molar-refractivity contribution in [3.05, 3.63) is 28.9 Å². The van der Waals surface area contributed by atoms with Crippen molar-refractivity contribution in [2.75, 3.05) is 13.6 Å². The third-order valence-electron chi connectivity index (χ3n) is 2.00. The van der Waals surface area contributed by atoms with Gasteiger partial charge in [0, 0.05) is 25.9 Å². The molecule has 1 heterocycles. The molecule has 0 saturated carbocycles. The van der Waals surface area contributed by atoms with Crippen LogP contribution in [0, 0.1) is 0 Å². The molecule has 0 aliphatic heterocycles. The van der Waals surface area contributed by atoms with Gasteiger partial charge in [-0.05, 0) is 6.92 Å². The fourth-order valence-corrected chi connectivity index (χ4v) is 0.940. The summed E-state index contributed by atoms with van der Waals surface area (Å²) in [6.07, 6.45) is 2.77. The second-order valence-corrected chi connectivity index (χ2v) is 2.95.